The molecule has 0 saturated carbocycles. The van der Waals surface area contributed by atoms with Crippen molar-refractivity contribution < 1.29 is 0 Å². The summed E-state index contributed by atoms with van der Waals surface area (Å²) >= 11 is 0. The van der Waals surface area contributed by atoms with E-state index < -0.39 is 0 Å². The molecule has 0 aromatic heterocycles. The van der Waals surface area contributed by atoms with Gasteiger partial charge in [-0.15, -0.1) is 0 Å². The SMILES string of the molecule is Cc1ccccc1-c1ccc2ccccc2c1.[C-]#[N+]c1ccccc1-c1ccccc1. The van der Waals surface area contributed by atoms with Gasteiger partial charge in [-0.2, -0.15) is 0 Å². The largest absolute Gasteiger partial charge is 0.238 e. The Labute approximate surface area is 184 Å². The van der Waals surface area contributed by atoms with Crippen molar-refractivity contribution >= 4 is 16.5 Å². The number of benzene rings is 5. The molecule has 0 fully saturated rings. The molecular weight excluding hydrogens is 374 g/mol. The average Bonchev–Trinajstić information content (AvgIpc) is 2.85. The van der Waals surface area contributed by atoms with E-state index in [0.717, 1.165) is 11.1 Å². The Morgan fingerprint density at radius 3 is 1.87 bits per heavy atom. The Kier molecular flexibility index (Phi) is 6.21. The number of hydrogen-bond acceptors (Lipinski definition) is 0. The van der Waals surface area contributed by atoms with Crippen molar-refractivity contribution in [3.05, 3.63) is 138 Å². The molecule has 0 unspecified atom stereocenters. The Bertz CT molecular complexity index is 1340. The van der Waals surface area contributed by atoms with Gasteiger partial charge in [-0.3, -0.25) is 0 Å². The van der Waals surface area contributed by atoms with Gasteiger partial charge in [0.25, 0.3) is 0 Å². The van der Waals surface area contributed by atoms with E-state index in [4.69, 9.17) is 6.57 Å². The number of fused-ring (bicyclic) bond motifs is 1. The van der Waals surface area contributed by atoms with E-state index in [-0.39, 0.29) is 0 Å². The summed E-state index contributed by atoms with van der Waals surface area (Å²) in [6.45, 7) is 9.22. The topological polar surface area (TPSA) is 4.36 Å². The van der Waals surface area contributed by atoms with Crippen LogP contribution in [0, 0.1) is 13.5 Å². The highest BCUT2D eigenvalue weighted by atomic mass is 14.6. The Balaban J connectivity index is 0.000000152. The van der Waals surface area contributed by atoms with Crippen molar-refractivity contribution in [1.82, 2.24) is 0 Å². The first-order chi connectivity index (χ1) is 15.3. The predicted molar refractivity (Wildman–Crippen MR) is 132 cm³/mol. The van der Waals surface area contributed by atoms with Gasteiger partial charge in [0, 0.05) is 0 Å². The maximum absolute atomic E-state index is 7.06. The molecule has 1 nitrogen and oxygen atoms in total. The van der Waals surface area contributed by atoms with E-state index >= 15 is 0 Å². The molecule has 5 aromatic carbocycles. The molecule has 0 saturated heterocycles. The second-order valence-electron chi connectivity index (χ2n) is 7.37. The number of nitrogens with zero attached hydrogens (tertiary/aromatic N) is 1. The summed E-state index contributed by atoms with van der Waals surface area (Å²) in [6, 6.07) is 41.3. The Morgan fingerprint density at radius 2 is 1.13 bits per heavy atom. The number of hydrogen-bond donors (Lipinski definition) is 0. The zero-order valence-electron chi connectivity index (χ0n) is 17.5. The van der Waals surface area contributed by atoms with Crippen LogP contribution >= 0.6 is 0 Å². The number of rotatable bonds is 2. The third-order valence-electron chi connectivity index (χ3n) is 5.31. The van der Waals surface area contributed by atoms with Gasteiger partial charge in [0.15, 0.2) is 5.69 Å². The molecule has 0 N–H and O–H groups in total. The van der Waals surface area contributed by atoms with Crippen LogP contribution in [0.4, 0.5) is 5.69 Å². The van der Waals surface area contributed by atoms with E-state index in [9.17, 15) is 0 Å². The monoisotopic (exact) mass is 397 g/mol. The standard InChI is InChI=1S/C17H14.C13H9N/c1-13-6-2-5-9-17(13)16-11-10-14-7-3-4-8-15(14)12-16;1-14-13-10-6-5-9-12(13)11-7-3-2-4-8-11/h2-12H,1H3;2-10H. The molecule has 0 bridgehead atoms. The summed E-state index contributed by atoms with van der Waals surface area (Å²) in [5, 5.41) is 2.60. The van der Waals surface area contributed by atoms with Crippen LogP contribution in [0.5, 0.6) is 0 Å². The van der Waals surface area contributed by atoms with Crippen LogP contribution < -0.4 is 0 Å². The summed E-state index contributed by atoms with van der Waals surface area (Å²) in [5.41, 5.74) is 6.74. The number of aryl methyl sites for hydroxylation is 1. The lowest BCUT2D eigenvalue weighted by Crippen LogP contribution is -1.82. The quantitative estimate of drug-likeness (QED) is 0.262. The van der Waals surface area contributed by atoms with Crippen LogP contribution in [-0.4, -0.2) is 0 Å². The third-order valence-corrected chi connectivity index (χ3v) is 5.31. The first-order valence-electron chi connectivity index (χ1n) is 10.3. The van der Waals surface area contributed by atoms with Crippen LogP contribution in [0.3, 0.4) is 0 Å². The fourth-order valence-corrected chi connectivity index (χ4v) is 3.69. The molecule has 0 atom stereocenters. The highest BCUT2D eigenvalue weighted by Gasteiger charge is 2.02. The maximum Gasteiger partial charge on any atom is 0.194 e. The van der Waals surface area contributed by atoms with Gasteiger partial charge >= 0.3 is 0 Å². The molecule has 0 amide bonds. The summed E-state index contributed by atoms with van der Waals surface area (Å²) in [7, 11) is 0. The van der Waals surface area contributed by atoms with Crippen molar-refractivity contribution in [3.8, 4) is 22.3 Å². The van der Waals surface area contributed by atoms with Gasteiger partial charge in [0.1, 0.15) is 0 Å². The maximum atomic E-state index is 7.06. The average molecular weight is 398 g/mol. The lowest BCUT2D eigenvalue weighted by atomic mass is 9.98. The number of para-hydroxylation sites is 1. The fraction of sp³-hybridized carbons (Fsp3) is 0.0333. The van der Waals surface area contributed by atoms with Crippen LogP contribution in [0.1, 0.15) is 5.56 Å². The molecule has 0 aliphatic carbocycles. The minimum atomic E-state index is 0.707. The van der Waals surface area contributed by atoms with Gasteiger partial charge < -0.3 is 0 Å². The summed E-state index contributed by atoms with van der Waals surface area (Å²) in [6.07, 6.45) is 0. The van der Waals surface area contributed by atoms with Gasteiger partial charge in [-0.05, 0) is 51.6 Å². The summed E-state index contributed by atoms with van der Waals surface area (Å²) in [5.74, 6) is 0. The van der Waals surface area contributed by atoms with Crippen molar-refractivity contribution in [2.75, 3.05) is 0 Å². The second kappa shape index (κ2) is 9.57. The Hall–Kier alpha value is -4.15. The molecule has 1 heteroatoms. The van der Waals surface area contributed by atoms with Crippen LogP contribution in [0.2, 0.25) is 0 Å². The highest BCUT2D eigenvalue weighted by Crippen LogP contribution is 2.29. The molecule has 148 valence electrons. The fourth-order valence-electron chi connectivity index (χ4n) is 3.69. The van der Waals surface area contributed by atoms with Crippen LogP contribution in [0.15, 0.2) is 121 Å². The molecule has 0 spiro atoms. The van der Waals surface area contributed by atoms with Crippen LogP contribution in [-0.2, 0) is 0 Å². The van der Waals surface area contributed by atoms with Crippen molar-refractivity contribution in [1.29, 1.82) is 0 Å². The molecular formula is C30H23N. The minimum Gasteiger partial charge on any atom is -0.238 e. The van der Waals surface area contributed by atoms with Crippen molar-refractivity contribution in [2.24, 2.45) is 0 Å². The minimum absolute atomic E-state index is 0.707. The first kappa shape index (κ1) is 20.1. The van der Waals surface area contributed by atoms with Gasteiger partial charge in [0.2, 0.25) is 0 Å². The predicted octanol–water partition coefficient (Wildman–Crippen LogP) is 8.72. The van der Waals surface area contributed by atoms with Crippen LogP contribution in [0.25, 0.3) is 37.9 Å². The molecule has 5 rings (SSSR count). The lowest BCUT2D eigenvalue weighted by molar-refractivity contribution is 1.46. The summed E-state index contributed by atoms with van der Waals surface area (Å²) < 4.78 is 0. The molecule has 0 heterocycles. The molecule has 5 aromatic rings. The second-order valence-corrected chi connectivity index (χ2v) is 7.37. The van der Waals surface area contributed by atoms with Crippen molar-refractivity contribution in [3.63, 3.8) is 0 Å². The zero-order chi connectivity index (χ0) is 21.5. The van der Waals surface area contributed by atoms with Gasteiger partial charge in [-0.25, -0.2) is 4.85 Å². The zero-order valence-corrected chi connectivity index (χ0v) is 17.5. The smallest absolute Gasteiger partial charge is 0.194 e. The van der Waals surface area contributed by atoms with E-state index in [1.807, 2.05) is 54.6 Å². The third kappa shape index (κ3) is 4.71. The van der Waals surface area contributed by atoms with Gasteiger partial charge in [-0.1, -0.05) is 115 Å². The van der Waals surface area contributed by atoms with Gasteiger partial charge in [0.05, 0.1) is 6.57 Å². The molecule has 31 heavy (non-hydrogen) atoms. The van der Waals surface area contributed by atoms with Crippen molar-refractivity contribution in [2.45, 2.75) is 6.92 Å². The lowest BCUT2D eigenvalue weighted by Gasteiger charge is -2.07. The van der Waals surface area contributed by atoms with E-state index in [2.05, 4.69) is 78.5 Å². The summed E-state index contributed by atoms with van der Waals surface area (Å²) in [4.78, 5) is 3.50. The molecule has 0 aliphatic rings. The molecule has 0 radical (unpaired) electrons. The molecule has 0 aliphatic heterocycles. The Morgan fingerprint density at radius 1 is 0.516 bits per heavy atom. The normalized spacial score (nSPS) is 10.1. The van der Waals surface area contributed by atoms with E-state index in [0.29, 0.717) is 5.69 Å². The van der Waals surface area contributed by atoms with E-state index in [1.54, 1.807) is 0 Å². The van der Waals surface area contributed by atoms with E-state index in [1.165, 1.54) is 27.5 Å². The highest BCUT2D eigenvalue weighted by molar-refractivity contribution is 5.87. The first-order valence-corrected chi connectivity index (χ1v) is 10.3.